The Bertz CT molecular complexity index is 411. The van der Waals surface area contributed by atoms with Crippen LogP contribution in [0.25, 0.3) is 0 Å². The predicted molar refractivity (Wildman–Crippen MR) is 74.6 cm³/mol. The van der Waals surface area contributed by atoms with Crippen molar-refractivity contribution in [3.05, 3.63) is 27.7 Å². The number of ether oxygens (including phenoxy) is 1. The molecular formula is C14H20BrNO. The van der Waals surface area contributed by atoms with Gasteiger partial charge in [-0.15, -0.1) is 0 Å². The smallest absolute Gasteiger partial charge is 0.136 e. The molecule has 2 rings (SSSR count). The van der Waals surface area contributed by atoms with Gasteiger partial charge >= 0.3 is 0 Å². The first kappa shape index (κ1) is 12.9. The summed E-state index contributed by atoms with van der Waals surface area (Å²) in [7, 11) is 1.73. The van der Waals surface area contributed by atoms with Crippen molar-refractivity contribution < 1.29 is 4.74 Å². The Morgan fingerprint density at radius 3 is 2.53 bits per heavy atom. The molecule has 0 unspecified atom stereocenters. The van der Waals surface area contributed by atoms with Gasteiger partial charge in [-0.05, 0) is 47.3 Å². The monoisotopic (exact) mass is 297 g/mol. The fourth-order valence-electron chi connectivity index (χ4n) is 2.97. The van der Waals surface area contributed by atoms with E-state index < -0.39 is 0 Å². The summed E-state index contributed by atoms with van der Waals surface area (Å²) in [5, 5.41) is 0. The van der Waals surface area contributed by atoms with E-state index in [1.165, 1.54) is 36.8 Å². The van der Waals surface area contributed by atoms with Gasteiger partial charge in [0.25, 0.3) is 0 Å². The molecule has 2 N–H and O–H groups in total. The van der Waals surface area contributed by atoms with E-state index in [0.29, 0.717) is 6.54 Å². The third kappa shape index (κ3) is 2.23. The Balaban J connectivity index is 2.56. The summed E-state index contributed by atoms with van der Waals surface area (Å²) in [6.45, 7) is 2.83. The van der Waals surface area contributed by atoms with E-state index in [9.17, 15) is 0 Å². The first-order chi connectivity index (χ1) is 8.13. The van der Waals surface area contributed by atoms with E-state index in [4.69, 9.17) is 10.5 Å². The molecule has 0 saturated heterocycles. The molecule has 1 saturated carbocycles. The van der Waals surface area contributed by atoms with Crippen LogP contribution in [0, 0.1) is 6.92 Å². The van der Waals surface area contributed by atoms with Gasteiger partial charge in [-0.25, -0.2) is 0 Å². The minimum Gasteiger partial charge on any atom is -0.495 e. The van der Waals surface area contributed by atoms with Crippen LogP contribution in [-0.2, 0) is 5.41 Å². The molecule has 0 atom stereocenters. The average Bonchev–Trinajstić information content (AvgIpc) is 2.77. The van der Waals surface area contributed by atoms with Crippen molar-refractivity contribution in [1.82, 2.24) is 0 Å². The highest BCUT2D eigenvalue weighted by molar-refractivity contribution is 9.10. The van der Waals surface area contributed by atoms with E-state index in [1.54, 1.807) is 7.11 Å². The number of hydrogen-bond acceptors (Lipinski definition) is 2. The molecule has 0 aromatic heterocycles. The topological polar surface area (TPSA) is 35.2 Å². The van der Waals surface area contributed by atoms with E-state index in [-0.39, 0.29) is 5.41 Å². The molecule has 3 heteroatoms. The molecule has 94 valence electrons. The minimum absolute atomic E-state index is 0.125. The Hall–Kier alpha value is -0.540. The van der Waals surface area contributed by atoms with Crippen molar-refractivity contribution in [2.75, 3.05) is 13.7 Å². The highest BCUT2D eigenvalue weighted by atomic mass is 79.9. The van der Waals surface area contributed by atoms with Crippen LogP contribution in [0.1, 0.15) is 36.8 Å². The second-order valence-corrected chi connectivity index (χ2v) is 5.87. The van der Waals surface area contributed by atoms with E-state index in [1.807, 2.05) is 0 Å². The van der Waals surface area contributed by atoms with Crippen LogP contribution in [-0.4, -0.2) is 13.7 Å². The Kier molecular flexibility index (Phi) is 3.79. The molecular weight excluding hydrogens is 278 g/mol. The van der Waals surface area contributed by atoms with Gasteiger partial charge in [0.1, 0.15) is 5.75 Å². The van der Waals surface area contributed by atoms with Crippen LogP contribution >= 0.6 is 15.9 Å². The summed E-state index contributed by atoms with van der Waals surface area (Å²) in [4.78, 5) is 0. The molecule has 1 aliphatic rings. The van der Waals surface area contributed by atoms with Crippen molar-refractivity contribution in [3.63, 3.8) is 0 Å². The van der Waals surface area contributed by atoms with E-state index >= 15 is 0 Å². The molecule has 17 heavy (non-hydrogen) atoms. The largest absolute Gasteiger partial charge is 0.495 e. The summed E-state index contributed by atoms with van der Waals surface area (Å²) >= 11 is 3.59. The normalized spacial score (nSPS) is 18.4. The zero-order chi connectivity index (χ0) is 12.5. The van der Waals surface area contributed by atoms with Gasteiger partial charge in [-0.2, -0.15) is 0 Å². The standard InChI is InChI=1S/C14H20BrNO/c1-10-7-11(13(17-2)12(15)8-10)14(9-16)5-3-4-6-14/h7-8H,3-6,9,16H2,1-2H3. The van der Waals surface area contributed by atoms with Crippen molar-refractivity contribution in [1.29, 1.82) is 0 Å². The van der Waals surface area contributed by atoms with Crippen LogP contribution in [0.4, 0.5) is 0 Å². The number of halogens is 1. The molecule has 0 heterocycles. The number of benzene rings is 1. The summed E-state index contributed by atoms with van der Waals surface area (Å²) in [6, 6.07) is 4.34. The maximum absolute atomic E-state index is 6.05. The highest BCUT2D eigenvalue weighted by Gasteiger charge is 2.37. The number of nitrogens with two attached hydrogens (primary N) is 1. The Morgan fingerprint density at radius 1 is 1.35 bits per heavy atom. The molecule has 1 aromatic rings. The Morgan fingerprint density at radius 2 is 2.00 bits per heavy atom. The molecule has 1 fully saturated rings. The molecule has 0 radical (unpaired) electrons. The maximum Gasteiger partial charge on any atom is 0.136 e. The second-order valence-electron chi connectivity index (χ2n) is 5.02. The molecule has 1 aliphatic carbocycles. The first-order valence-corrected chi connectivity index (χ1v) is 6.97. The molecule has 1 aromatic carbocycles. The summed E-state index contributed by atoms with van der Waals surface area (Å²) in [6.07, 6.45) is 4.89. The van der Waals surface area contributed by atoms with Crippen molar-refractivity contribution in [2.24, 2.45) is 5.73 Å². The van der Waals surface area contributed by atoms with Crippen LogP contribution in [0.3, 0.4) is 0 Å². The van der Waals surface area contributed by atoms with Gasteiger partial charge in [0.05, 0.1) is 11.6 Å². The fourth-order valence-corrected chi connectivity index (χ4v) is 3.70. The van der Waals surface area contributed by atoms with Crippen molar-refractivity contribution in [2.45, 2.75) is 38.0 Å². The zero-order valence-corrected chi connectivity index (χ0v) is 12.1. The maximum atomic E-state index is 6.05. The molecule has 0 aliphatic heterocycles. The zero-order valence-electron chi connectivity index (χ0n) is 10.6. The number of methoxy groups -OCH3 is 1. The number of rotatable bonds is 3. The third-order valence-corrected chi connectivity index (χ3v) is 4.50. The summed E-state index contributed by atoms with van der Waals surface area (Å²) in [5.74, 6) is 0.961. The molecule has 0 bridgehead atoms. The summed E-state index contributed by atoms with van der Waals surface area (Å²) in [5.41, 5.74) is 8.72. The lowest BCUT2D eigenvalue weighted by molar-refractivity contribution is 0.375. The van der Waals surface area contributed by atoms with Gasteiger partial charge < -0.3 is 10.5 Å². The van der Waals surface area contributed by atoms with Crippen molar-refractivity contribution in [3.8, 4) is 5.75 Å². The number of hydrogen-bond donors (Lipinski definition) is 1. The van der Waals surface area contributed by atoms with Gasteiger partial charge in [0, 0.05) is 17.5 Å². The minimum atomic E-state index is 0.125. The summed E-state index contributed by atoms with van der Waals surface area (Å²) < 4.78 is 6.60. The van der Waals surface area contributed by atoms with Crippen LogP contribution in [0.2, 0.25) is 0 Å². The lowest BCUT2D eigenvalue weighted by Crippen LogP contribution is -2.32. The average molecular weight is 298 g/mol. The van der Waals surface area contributed by atoms with Gasteiger partial charge in [0.2, 0.25) is 0 Å². The second kappa shape index (κ2) is 4.99. The Labute approximate surface area is 112 Å². The lowest BCUT2D eigenvalue weighted by Gasteiger charge is -2.30. The molecule has 2 nitrogen and oxygen atoms in total. The van der Waals surface area contributed by atoms with Gasteiger partial charge in [0.15, 0.2) is 0 Å². The third-order valence-electron chi connectivity index (χ3n) is 3.91. The first-order valence-electron chi connectivity index (χ1n) is 6.17. The van der Waals surface area contributed by atoms with Crippen LogP contribution in [0.15, 0.2) is 16.6 Å². The highest BCUT2D eigenvalue weighted by Crippen LogP contribution is 2.46. The SMILES string of the molecule is COc1c(Br)cc(C)cc1C1(CN)CCCC1. The van der Waals surface area contributed by atoms with Gasteiger partial charge in [-0.1, -0.05) is 18.9 Å². The number of aryl methyl sites for hydroxylation is 1. The van der Waals surface area contributed by atoms with Crippen LogP contribution in [0.5, 0.6) is 5.75 Å². The quantitative estimate of drug-likeness (QED) is 0.926. The van der Waals surface area contributed by atoms with E-state index in [2.05, 4.69) is 35.0 Å². The predicted octanol–water partition coefficient (Wildman–Crippen LogP) is 3.54. The lowest BCUT2D eigenvalue weighted by atomic mass is 9.78. The molecule has 0 spiro atoms. The van der Waals surface area contributed by atoms with Gasteiger partial charge in [-0.3, -0.25) is 0 Å². The fraction of sp³-hybridized carbons (Fsp3) is 0.571. The van der Waals surface area contributed by atoms with E-state index in [0.717, 1.165) is 10.2 Å². The molecule has 0 amide bonds. The van der Waals surface area contributed by atoms with Crippen molar-refractivity contribution >= 4 is 15.9 Å². The van der Waals surface area contributed by atoms with Crippen LogP contribution < -0.4 is 10.5 Å².